The fraction of sp³-hybridized carbons (Fsp3) is 0.467. The first-order valence-corrected chi connectivity index (χ1v) is 15.0. The monoisotopic (exact) mass is 596 g/mol. The third kappa shape index (κ3) is 6.77. The van der Waals surface area contributed by atoms with Crippen molar-refractivity contribution in [1.29, 1.82) is 5.26 Å². The fourth-order valence-corrected chi connectivity index (χ4v) is 6.28. The van der Waals surface area contributed by atoms with Gasteiger partial charge in [0.15, 0.2) is 11.5 Å². The van der Waals surface area contributed by atoms with Gasteiger partial charge >= 0.3 is 0 Å². The zero-order chi connectivity index (χ0) is 29.5. The number of thiocarbonyl (C=S) groups is 1. The molecule has 218 valence electrons. The summed E-state index contributed by atoms with van der Waals surface area (Å²) < 4.78 is 18.6. The number of nitrogens with zero attached hydrogens (tertiary/aromatic N) is 3. The molecule has 0 bridgehead atoms. The summed E-state index contributed by atoms with van der Waals surface area (Å²) >= 11 is 6.79. The zero-order valence-corrected chi connectivity index (χ0v) is 25.6. The van der Waals surface area contributed by atoms with Gasteiger partial charge in [0.1, 0.15) is 21.8 Å². The minimum atomic E-state index is -0.338. The van der Waals surface area contributed by atoms with Crippen LogP contribution in [0.4, 0.5) is 5.82 Å². The second kappa shape index (κ2) is 14.0. The number of nitriles is 1. The van der Waals surface area contributed by atoms with Crippen molar-refractivity contribution in [3.63, 3.8) is 0 Å². The van der Waals surface area contributed by atoms with Gasteiger partial charge in [0.2, 0.25) is 0 Å². The van der Waals surface area contributed by atoms with Crippen LogP contribution in [0.1, 0.15) is 54.9 Å². The first-order chi connectivity index (χ1) is 19.8. The van der Waals surface area contributed by atoms with Crippen molar-refractivity contribution in [2.24, 2.45) is 0 Å². The molecular formula is C30H36N4O5S2. The number of rotatable bonds is 12. The Balaban J connectivity index is 1.69. The van der Waals surface area contributed by atoms with E-state index in [0.717, 1.165) is 31.2 Å². The smallest absolute Gasteiger partial charge is 0.270 e. The Labute approximate surface area is 250 Å². The topological polar surface area (TPSA) is 106 Å². The van der Waals surface area contributed by atoms with Gasteiger partial charge in [-0.1, -0.05) is 43.4 Å². The highest BCUT2D eigenvalue weighted by atomic mass is 32.2. The number of carbonyl (C=O) groups excluding carboxylic acids is 1. The molecule has 1 amide bonds. The summed E-state index contributed by atoms with van der Waals surface area (Å²) in [4.78, 5) is 28.9. The molecular weight excluding hydrogens is 560 g/mol. The molecule has 2 aliphatic rings. The van der Waals surface area contributed by atoms with Crippen LogP contribution in [0.15, 0.2) is 27.9 Å². The normalized spacial score (nSPS) is 17.8. The second-order valence-corrected chi connectivity index (χ2v) is 11.7. The number of unbranched alkanes of at least 4 members (excludes halogenated alkanes) is 1. The molecule has 1 atom stereocenters. The van der Waals surface area contributed by atoms with Crippen LogP contribution < -0.4 is 20.3 Å². The first-order valence-electron chi connectivity index (χ1n) is 13.8. The maximum absolute atomic E-state index is 13.4. The van der Waals surface area contributed by atoms with E-state index in [1.165, 1.54) is 11.8 Å². The average molecular weight is 597 g/mol. The Bertz CT molecular complexity index is 1440. The Morgan fingerprint density at radius 1 is 1.27 bits per heavy atom. The Morgan fingerprint density at radius 2 is 2.05 bits per heavy atom. The van der Waals surface area contributed by atoms with Crippen LogP contribution in [0.3, 0.4) is 0 Å². The molecule has 3 heterocycles. The Kier molecular flexibility index (Phi) is 10.5. The molecule has 0 aliphatic carbocycles. The van der Waals surface area contributed by atoms with Crippen LogP contribution in [-0.2, 0) is 22.5 Å². The molecule has 2 fully saturated rings. The van der Waals surface area contributed by atoms with Crippen LogP contribution in [-0.4, -0.2) is 59.7 Å². The van der Waals surface area contributed by atoms with E-state index in [-0.39, 0.29) is 23.1 Å². The fourth-order valence-electron chi connectivity index (χ4n) is 5.02. The number of nitrogens with one attached hydrogen (secondary N) is 1. The molecule has 1 aromatic heterocycles. The van der Waals surface area contributed by atoms with Crippen molar-refractivity contribution >= 4 is 46.1 Å². The maximum atomic E-state index is 13.4. The van der Waals surface area contributed by atoms with Gasteiger partial charge < -0.3 is 19.5 Å². The van der Waals surface area contributed by atoms with Gasteiger partial charge in [-0.15, -0.1) is 0 Å². The third-order valence-corrected chi connectivity index (χ3v) is 8.70. The van der Waals surface area contributed by atoms with E-state index in [4.69, 9.17) is 26.4 Å². The lowest BCUT2D eigenvalue weighted by atomic mass is 10.0. The summed E-state index contributed by atoms with van der Waals surface area (Å²) in [6, 6.07) is 7.85. The molecule has 0 radical (unpaired) electrons. The molecule has 11 heteroatoms. The van der Waals surface area contributed by atoms with Crippen LogP contribution in [0, 0.1) is 18.3 Å². The summed E-state index contributed by atoms with van der Waals surface area (Å²) in [5.74, 6) is 1.70. The molecule has 1 unspecified atom stereocenters. The lowest BCUT2D eigenvalue weighted by molar-refractivity contribution is -0.123. The quantitative estimate of drug-likeness (QED) is 0.271. The number of amides is 1. The lowest BCUT2D eigenvalue weighted by Gasteiger charge is -2.21. The molecule has 1 aromatic carbocycles. The highest BCUT2D eigenvalue weighted by molar-refractivity contribution is 8.26. The molecule has 41 heavy (non-hydrogen) atoms. The van der Waals surface area contributed by atoms with Crippen LogP contribution >= 0.6 is 24.0 Å². The summed E-state index contributed by atoms with van der Waals surface area (Å²) in [6.45, 7) is 5.88. The molecule has 2 saturated heterocycles. The van der Waals surface area contributed by atoms with Gasteiger partial charge in [0, 0.05) is 25.3 Å². The number of hydrogen-bond donors (Lipinski definition) is 1. The number of benzene rings is 1. The van der Waals surface area contributed by atoms with E-state index in [1.807, 2.05) is 18.2 Å². The van der Waals surface area contributed by atoms with E-state index in [0.29, 0.717) is 70.3 Å². The van der Waals surface area contributed by atoms with Crippen molar-refractivity contribution in [3.05, 3.63) is 55.7 Å². The number of thioether (sulfide) groups is 1. The van der Waals surface area contributed by atoms with Crippen molar-refractivity contribution < 1.29 is 19.0 Å². The summed E-state index contributed by atoms with van der Waals surface area (Å²) in [5, 5.41) is 13.4. The van der Waals surface area contributed by atoms with Crippen LogP contribution in [0.25, 0.3) is 6.08 Å². The summed E-state index contributed by atoms with van der Waals surface area (Å²) in [6.07, 6.45) is 5.91. The Morgan fingerprint density at radius 3 is 2.71 bits per heavy atom. The summed E-state index contributed by atoms with van der Waals surface area (Å²) in [5.41, 5.74) is 1.94. The van der Waals surface area contributed by atoms with Gasteiger partial charge in [-0.3, -0.25) is 19.1 Å². The molecule has 2 aromatic rings. The maximum Gasteiger partial charge on any atom is 0.270 e. The molecule has 9 nitrogen and oxygen atoms in total. The van der Waals surface area contributed by atoms with Crippen LogP contribution in [0.5, 0.6) is 11.5 Å². The van der Waals surface area contributed by atoms with E-state index in [1.54, 1.807) is 36.7 Å². The van der Waals surface area contributed by atoms with Gasteiger partial charge in [0.05, 0.1) is 31.8 Å². The van der Waals surface area contributed by atoms with Crippen molar-refractivity contribution in [2.75, 3.05) is 39.2 Å². The highest BCUT2D eigenvalue weighted by Gasteiger charge is 2.35. The number of anilines is 1. The third-order valence-electron chi connectivity index (χ3n) is 7.32. The number of ether oxygens (including phenoxy) is 3. The molecule has 0 saturated carbocycles. The van der Waals surface area contributed by atoms with Gasteiger partial charge in [-0.25, -0.2) is 0 Å². The number of carbonyl (C=O) groups is 1. The van der Waals surface area contributed by atoms with E-state index < -0.39 is 0 Å². The van der Waals surface area contributed by atoms with Gasteiger partial charge in [0.25, 0.3) is 11.5 Å². The average Bonchev–Trinajstić information content (AvgIpc) is 3.58. The zero-order valence-electron chi connectivity index (χ0n) is 24.0. The SMILES string of the molecule is CCCCn1c(NCCc2ccc(OC)c(OC)c2)c(/C=C2/SC(=S)N(CC3CCCO3)C2=O)c(C)c(C#N)c1=O. The standard InChI is InChI=1S/C30H36N4O5S2/c1-5-6-13-33-27(32-12-11-20-9-10-24(37-3)25(15-20)38-4)22(19(2)23(17-31)28(33)35)16-26-29(36)34(30(40)41-26)18-21-8-7-14-39-21/h9-10,15-16,21,32H,5-8,11-14,18H2,1-4H3/b26-16+. The van der Waals surface area contributed by atoms with E-state index in [9.17, 15) is 14.9 Å². The minimum absolute atomic E-state index is 0.0199. The van der Waals surface area contributed by atoms with Crippen molar-refractivity contribution in [3.8, 4) is 17.6 Å². The van der Waals surface area contributed by atoms with Gasteiger partial charge in [-0.05, 0) is 61.9 Å². The second-order valence-electron chi connectivity index (χ2n) is 9.98. The summed E-state index contributed by atoms with van der Waals surface area (Å²) in [7, 11) is 3.20. The largest absolute Gasteiger partial charge is 0.493 e. The van der Waals surface area contributed by atoms with Gasteiger partial charge in [-0.2, -0.15) is 5.26 Å². The number of hydrogen-bond acceptors (Lipinski definition) is 9. The predicted molar refractivity (Wildman–Crippen MR) is 166 cm³/mol. The highest BCUT2D eigenvalue weighted by Crippen LogP contribution is 2.36. The lowest BCUT2D eigenvalue weighted by Crippen LogP contribution is -2.35. The predicted octanol–water partition coefficient (Wildman–Crippen LogP) is 4.88. The number of methoxy groups -OCH3 is 2. The number of pyridine rings is 1. The molecule has 4 rings (SSSR count). The van der Waals surface area contributed by atoms with E-state index in [2.05, 4.69) is 18.3 Å². The Hall–Kier alpha value is -3.33. The first kappa shape index (κ1) is 30.6. The van der Waals surface area contributed by atoms with Crippen LogP contribution in [0.2, 0.25) is 0 Å². The molecule has 2 aliphatic heterocycles. The van der Waals surface area contributed by atoms with Crippen molar-refractivity contribution in [1.82, 2.24) is 9.47 Å². The van der Waals surface area contributed by atoms with E-state index >= 15 is 0 Å². The molecule has 0 spiro atoms. The molecule has 1 N–H and O–H groups in total. The minimum Gasteiger partial charge on any atom is -0.493 e. The number of aromatic nitrogens is 1. The van der Waals surface area contributed by atoms with Crippen molar-refractivity contribution in [2.45, 2.75) is 58.6 Å².